The van der Waals surface area contributed by atoms with E-state index in [2.05, 4.69) is 25.8 Å². The molecule has 10 heteroatoms. The van der Waals surface area contributed by atoms with Crippen LogP contribution < -0.4 is 10.6 Å². The van der Waals surface area contributed by atoms with Crippen molar-refractivity contribution >= 4 is 23.3 Å². The number of carbonyl (C=O) groups is 1. The van der Waals surface area contributed by atoms with Crippen molar-refractivity contribution in [3.05, 3.63) is 76.3 Å². The lowest BCUT2D eigenvalue weighted by Gasteiger charge is -2.17. The molecule has 146 valence electrons. The van der Waals surface area contributed by atoms with Gasteiger partial charge in [0.25, 0.3) is 0 Å². The Balaban J connectivity index is 1.82. The van der Waals surface area contributed by atoms with Gasteiger partial charge < -0.3 is 10.6 Å². The largest absolute Gasteiger partial charge is 0.417 e. The van der Waals surface area contributed by atoms with Gasteiger partial charge in [-0.05, 0) is 30.7 Å². The van der Waals surface area contributed by atoms with E-state index < -0.39 is 28.8 Å². The number of benzene rings is 2. The van der Waals surface area contributed by atoms with E-state index in [1.807, 2.05) is 6.07 Å². The second-order valence-electron chi connectivity index (χ2n) is 5.91. The molecule has 0 unspecified atom stereocenters. The number of aromatic amines is 1. The van der Waals surface area contributed by atoms with Gasteiger partial charge in [0.2, 0.25) is 0 Å². The monoisotopic (exact) mass is 409 g/mol. The zero-order valence-corrected chi connectivity index (χ0v) is 15.3. The second-order valence-corrected chi connectivity index (χ2v) is 6.32. The number of aryl methyl sites for hydroxylation is 1. The van der Waals surface area contributed by atoms with Crippen LogP contribution in [0.3, 0.4) is 0 Å². The van der Waals surface area contributed by atoms with Crippen LogP contribution in [0.5, 0.6) is 0 Å². The van der Waals surface area contributed by atoms with Crippen LogP contribution in [-0.2, 0) is 6.18 Å². The smallest absolute Gasteiger partial charge is 0.324 e. The van der Waals surface area contributed by atoms with Crippen molar-refractivity contribution in [2.45, 2.75) is 19.1 Å². The summed E-state index contributed by atoms with van der Waals surface area (Å²) in [6, 6.07) is 10.7. The molecule has 0 spiro atoms. The first-order valence-electron chi connectivity index (χ1n) is 8.12. The first-order valence-corrected chi connectivity index (χ1v) is 8.50. The summed E-state index contributed by atoms with van der Waals surface area (Å²) >= 11 is 5.60. The highest BCUT2D eigenvalue weighted by Crippen LogP contribution is 2.36. The quantitative estimate of drug-likeness (QED) is 0.584. The van der Waals surface area contributed by atoms with Crippen molar-refractivity contribution in [2.75, 3.05) is 5.32 Å². The van der Waals surface area contributed by atoms with Crippen molar-refractivity contribution in [2.24, 2.45) is 0 Å². The third-order valence-electron chi connectivity index (χ3n) is 3.81. The molecule has 28 heavy (non-hydrogen) atoms. The van der Waals surface area contributed by atoms with Gasteiger partial charge in [-0.2, -0.15) is 18.3 Å². The number of alkyl halides is 3. The number of nitrogens with zero attached hydrogens (tertiary/aromatic N) is 2. The van der Waals surface area contributed by atoms with Gasteiger partial charge >= 0.3 is 12.2 Å². The van der Waals surface area contributed by atoms with Gasteiger partial charge in [-0.25, -0.2) is 9.78 Å². The van der Waals surface area contributed by atoms with Gasteiger partial charge in [0.1, 0.15) is 11.9 Å². The van der Waals surface area contributed by atoms with Crippen molar-refractivity contribution in [1.29, 1.82) is 0 Å². The summed E-state index contributed by atoms with van der Waals surface area (Å²) in [5.41, 5.74) is -0.368. The number of amides is 2. The molecule has 6 nitrogen and oxygen atoms in total. The number of anilines is 1. The van der Waals surface area contributed by atoms with Crippen LogP contribution in [0.25, 0.3) is 0 Å². The van der Waals surface area contributed by atoms with E-state index in [9.17, 15) is 18.0 Å². The van der Waals surface area contributed by atoms with Gasteiger partial charge in [0.05, 0.1) is 10.6 Å². The average Bonchev–Trinajstić information content (AvgIpc) is 3.07. The number of H-pyrrole nitrogens is 1. The summed E-state index contributed by atoms with van der Waals surface area (Å²) in [4.78, 5) is 16.7. The second kappa shape index (κ2) is 7.89. The molecule has 3 aromatic rings. The Bertz CT molecular complexity index is 975. The van der Waals surface area contributed by atoms with Crippen LogP contribution in [0.2, 0.25) is 5.02 Å². The maximum atomic E-state index is 13.0. The van der Waals surface area contributed by atoms with Crippen LogP contribution in [-0.4, -0.2) is 21.2 Å². The highest BCUT2D eigenvalue weighted by atomic mass is 35.5. The Morgan fingerprint density at radius 3 is 2.50 bits per heavy atom. The maximum absolute atomic E-state index is 13.0. The number of urea groups is 1. The first-order chi connectivity index (χ1) is 13.2. The van der Waals surface area contributed by atoms with Gasteiger partial charge in [0.15, 0.2) is 5.82 Å². The molecule has 0 saturated heterocycles. The summed E-state index contributed by atoms with van der Waals surface area (Å²) in [6.45, 7) is 1.71. The fraction of sp³-hybridized carbons (Fsp3) is 0.167. The first kappa shape index (κ1) is 19.7. The topological polar surface area (TPSA) is 82.7 Å². The molecule has 0 aliphatic heterocycles. The predicted octanol–water partition coefficient (Wildman–Crippen LogP) is 4.70. The van der Waals surface area contributed by atoms with E-state index in [1.165, 1.54) is 6.07 Å². The molecule has 2 amide bonds. The SMILES string of the molecule is Cc1nc([C@H](NC(=O)Nc2ccc(Cl)c(C(F)(F)F)c2)c2ccccc2)n[nH]1. The number of nitrogens with one attached hydrogen (secondary N) is 3. The number of rotatable bonds is 4. The molecule has 2 aromatic carbocycles. The fourth-order valence-electron chi connectivity index (χ4n) is 2.55. The number of halogens is 4. The summed E-state index contributed by atoms with van der Waals surface area (Å²) in [7, 11) is 0. The van der Waals surface area contributed by atoms with Crippen molar-refractivity contribution in [1.82, 2.24) is 20.5 Å². The van der Waals surface area contributed by atoms with Gasteiger partial charge in [-0.3, -0.25) is 5.10 Å². The standard InChI is InChI=1S/C18H15ClF3N5O/c1-10-23-16(27-26-10)15(11-5-3-2-4-6-11)25-17(28)24-12-7-8-14(19)13(9-12)18(20,21)22/h2-9,15H,1H3,(H,23,26,27)(H2,24,25,28)/t15-/m1/s1. The molecular formula is C18H15ClF3N5O. The van der Waals surface area contributed by atoms with E-state index in [-0.39, 0.29) is 5.69 Å². The Morgan fingerprint density at radius 2 is 1.89 bits per heavy atom. The Kier molecular flexibility index (Phi) is 5.55. The van der Waals surface area contributed by atoms with Gasteiger partial charge in [-0.1, -0.05) is 41.9 Å². The van der Waals surface area contributed by atoms with Crippen LogP contribution in [0.1, 0.15) is 28.8 Å². The van der Waals surface area contributed by atoms with E-state index in [0.29, 0.717) is 17.2 Å². The average molecular weight is 410 g/mol. The van der Waals surface area contributed by atoms with Crippen molar-refractivity contribution in [3.8, 4) is 0 Å². The van der Waals surface area contributed by atoms with Crippen LogP contribution in [0, 0.1) is 6.92 Å². The summed E-state index contributed by atoms with van der Waals surface area (Å²) < 4.78 is 39.0. The third kappa shape index (κ3) is 4.61. The highest BCUT2D eigenvalue weighted by Gasteiger charge is 2.33. The van der Waals surface area contributed by atoms with Crippen LogP contribution in [0.15, 0.2) is 48.5 Å². The lowest BCUT2D eigenvalue weighted by molar-refractivity contribution is -0.137. The summed E-state index contributed by atoms with van der Waals surface area (Å²) in [5.74, 6) is 0.886. The summed E-state index contributed by atoms with van der Waals surface area (Å²) in [6.07, 6.45) is -4.63. The van der Waals surface area contributed by atoms with E-state index in [4.69, 9.17) is 11.6 Å². The number of hydrogen-bond acceptors (Lipinski definition) is 3. The number of aromatic nitrogens is 3. The minimum atomic E-state index is -4.63. The summed E-state index contributed by atoms with van der Waals surface area (Å²) in [5, 5.41) is 11.4. The molecule has 1 heterocycles. The van der Waals surface area contributed by atoms with E-state index in [0.717, 1.165) is 12.1 Å². The fourth-order valence-corrected chi connectivity index (χ4v) is 2.77. The molecule has 0 aliphatic rings. The normalized spacial score (nSPS) is 12.5. The molecular weight excluding hydrogens is 395 g/mol. The number of carbonyl (C=O) groups excluding carboxylic acids is 1. The minimum Gasteiger partial charge on any atom is -0.324 e. The molecule has 1 aromatic heterocycles. The lowest BCUT2D eigenvalue weighted by Crippen LogP contribution is -2.34. The van der Waals surface area contributed by atoms with Crippen LogP contribution >= 0.6 is 11.6 Å². The zero-order valence-electron chi connectivity index (χ0n) is 14.5. The number of hydrogen-bond donors (Lipinski definition) is 3. The molecule has 0 fully saturated rings. The molecule has 0 aliphatic carbocycles. The van der Waals surface area contributed by atoms with Gasteiger partial charge in [0, 0.05) is 5.69 Å². The molecule has 1 atom stereocenters. The van der Waals surface area contributed by atoms with E-state index >= 15 is 0 Å². The molecule has 0 bridgehead atoms. The lowest BCUT2D eigenvalue weighted by atomic mass is 10.1. The van der Waals surface area contributed by atoms with Gasteiger partial charge in [-0.15, -0.1) is 0 Å². The zero-order chi connectivity index (χ0) is 20.3. The van der Waals surface area contributed by atoms with Crippen molar-refractivity contribution in [3.63, 3.8) is 0 Å². The maximum Gasteiger partial charge on any atom is 0.417 e. The molecule has 0 radical (unpaired) electrons. The Morgan fingerprint density at radius 1 is 1.18 bits per heavy atom. The van der Waals surface area contributed by atoms with Crippen LogP contribution in [0.4, 0.5) is 23.7 Å². The third-order valence-corrected chi connectivity index (χ3v) is 4.14. The van der Waals surface area contributed by atoms with Crippen molar-refractivity contribution < 1.29 is 18.0 Å². The predicted molar refractivity (Wildman–Crippen MR) is 98.0 cm³/mol. The molecule has 3 N–H and O–H groups in total. The Hall–Kier alpha value is -3.07. The molecule has 0 saturated carbocycles. The highest BCUT2D eigenvalue weighted by molar-refractivity contribution is 6.31. The molecule has 3 rings (SSSR count). The van der Waals surface area contributed by atoms with E-state index in [1.54, 1.807) is 31.2 Å². The minimum absolute atomic E-state index is 0.0489. The Labute approximate surface area is 163 Å².